The number of hydrogen-bond acceptors (Lipinski definition) is 5. The third-order valence-corrected chi connectivity index (χ3v) is 4.41. The summed E-state index contributed by atoms with van der Waals surface area (Å²) in [6, 6.07) is 4.87. The molecule has 0 aromatic heterocycles. The van der Waals surface area contributed by atoms with Crippen LogP contribution in [0.3, 0.4) is 0 Å². The smallest absolute Gasteiger partial charge is 0.326 e. The Hall–Kier alpha value is -2.64. The van der Waals surface area contributed by atoms with Crippen molar-refractivity contribution in [2.75, 3.05) is 19.8 Å². The van der Waals surface area contributed by atoms with Crippen molar-refractivity contribution < 1.29 is 28.2 Å². The fourth-order valence-electron chi connectivity index (χ4n) is 2.82. The Morgan fingerprint density at radius 1 is 1.28 bits per heavy atom. The predicted molar refractivity (Wildman–Crippen MR) is 84.2 cm³/mol. The van der Waals surface area contributed by atoms with Gasteiger partial charge in [-0.25, -0.2) is 9.18 Å². The Balaban J connectivity index is 1.42. The minimum Gasteiger partial charge on any atom is -0.490 e. The van der Waals surface area contributed by atoms with Crippen LogP contribution >= 0.6 is 0 Å². The summed E-state index contributed by atoms with van der Waals surface area (Å²) in [6.07, 6.45) is 1.78. The summed E-state index contributed by atoms with van der Waals surface area (Å²) in [5.74, 6) is -0.864. The van der Waals surface area contributed by atoms with Gasteiger partial charge in [0.15, 0.2) is 0 Å². The molecule has 1 heterocycles. The maximum Gasteiger partial charge on any atom is 0.326 e. The van der Waals surface area contributed by atoms with Crippen LogP contribution in [0.15, 0.2) is 24.3 Å². The average Bonchev–Trinajstić information content (AvgIpc) is 3.40. The molecule has 1 saturated carbocycles. The molecule has 1 saturated heterocycles. The summed E-state index contributed by atoms with van der Waals surface area (Å²) in [5, 5.41) is 2.67. The molecule has 2 aliphatic rings. The van der Waals surface area contributed by atoms with Gasteiger partial charge < -0.3 is 14.8 Å². The molecule has 3 amide bonds. The summed E-state index contributed by atoms with van der Waals surface area (Å²) in [7, 11) is 0. The molecule has 1 N–H and O–H groups in total. The van der Waals surface area contributed by atoms with E-state index in [0.717, 1.165) is 17.7 Å². The number of carbonyl (C=O) groups is 3. The van der Waals surface area contributed by atoms with E-state index >= 15 is 0 Å². The first-order valence-corrected chi connectivity index (χ1v) is 8.08. The fraction of sp³-hybridized carbons (Fsp3) is 0.471. The lowest BCUT2D eigenvalue weighted by atomic mass is 9.96. The van der Waals surface area contributed by atoms with Crippen LogP contribution in [0.1, 0.15) is 19.8 Å². The van der Waals surface area contributed by atoms with Crippen LogP contribution in [0.4, 0.5) is 9.18 Å². The van der Waals surface area contributed by atoms with Crippen molar-refractivity contribution in [3.05, 3.63) is 30.1 Å². The van der Waals surface area contributed by atoms with Gasteiger partial charge in [0.1, 0.15) is 36.9 Å². The fourth-order valence-corrected chi connectivity index (χ4v) is 2.82. The van der Waals surface area contributed by atoms with E-state index < -0.39 is 24.1 Å². The van der Waals surface area contributed by atoms with Crippen molar-refractivity contribution in [3.63, 3.8) is 0 Å². The number of ether oxygens (including phenoxy) is 2. The van der Waals surface area contributed by atoms with E-state index in [1.807, 2.05) is 0 Å². The van der Waals surface area contributed by atoms with Gasteiger partial charge in [-0.05, 0) is 49.9 Å². The predicted octanol–water partition coefficient (Wildman–Crippen LogP) is 1.47. The molecule has 0 bridgehead atoms. The number of nitrogens with one attached hydrogen (secondary N) is 1. The number of carbonyl (C=O) groups excluding carboxylic acids is 3. The van der Waals surface area contributed by atoms with Crippen LogP contribution in [0.2, 0.25) is 0 Å². The van der Waals surface area contributed by atoms with E-state index in [0.29, 0.717) is 5.75 Å². The standard InChI is InChI=1S/C17H19FN2O5/c1-17(11-2-3-11)15(22)20(16(23)19-17)10-14(21)25-9-8-24-13-6-4-12(18)5-7-13/h4-7,11H,2-3,8-10H2,1H3,(H,19,23)/t17-/m0/s1. The molecule has 25 heavy (non-hydrogen) atoms. The third kappa shape index (κ3) is 3.72. The Kier molecular flexibility index (Phi) is 4.61. The van der Waals surface area contributed by atoms with Gasteiger partial charge in [-0.3, -0.25) is 14.5 Å². The van der Waals surface area contributed by atoms with Crippen LogP contribution in [0, 0.1) is 11.7 Å². The summed E-state index contributed by atoms with van der Waals surface area (Å²) in [4.78, 5) is 37.0. The zero-order valence-corrected chi connectivity index (χ0v) is 13.8. The number of rotatable bonds is 7. The lowest BCUT2D eigenvalue weighted by Crippen LogP contribution is -2.46. The highest BCUT2D eigenvalue weighted by Crippen LogP contribution is 2.42. The molecule has 2 fully saturated rings. The minimum absolute atomic E-state index is 0.0419. The minimum atomic E-state index is -0.914. The average molecular weight is 350 g/mol. The topological polar surface area (TPSA) is 84.9 Å². The first-order valence-electron chi connectivity index (χ1n) is 8.08. The molecule has 3 rings (SSSR count). The molecule has 7 nitrogen and oxygen atoms in total. The molecule has 134 valence electrons. The van der Waals surface area contributed by atoms with E-state index in [2.05, 4.69) is 5.32 Å². The summed E-state index contributed by atoms with van der Waals surface area (Å²) in [5.41, 5.74) is -0.914. The Bertz CT molecular complexity index is 689. The van der Waals surface area contributed by atoms with Crippen molar-refractivity contribution >= 4 is 17.9 Å². The quantitative estimate of drug-likeness (QED) is 0.457. The monoisotopic (exact) mass is 350 g/mol. The van der Waals surface area contributed by atoms with Crippen molar-refractivity contribution in [2.45, 2.75) is 25.3 Å². The molecule has 1 aromatic rings. The van der Waals surface area contributed by atoms with Gasteiger partial charge in [-0.15, -0.1) is 0 Å². The summed E-state index contributed by atoms with van der Waals surface area (Å²) in [6.45, 7) is 1.30. The zero-order valence-electron chi connectivity index (χ0n) is 13.8. The maximum atomic E-state index is 12.8. The molecule has 1 atom stereocenters. The highest BCUT2D eigenvalue weighted by Gasteiger charge is 2.56. The van der Waals surface area contributed by atoms with Crippen molar-refractivity contribution in [3.8, 4) is 5.75 Å². The number of esters is 1. The van der Waals surface area contributed by atoms with Gasteiger partial charge in [0, 0.05) is 0 Å². The Labute approximate surface area is 144 Å². The molecule has 0 spiro atoms. The number of urea groups is 1. The highest BCUT2D eigenvalue weighted by molar-refractivity contribution is 6.08. The largest absolute Gasteiger partial charge is 0.490 e. The number of hydrogen-bond donors (Lipinski definition) is 1. The number of amides is 3. The maximum absolute atomic E-state index is 12.8. The second-order valence-electron chi connectivity index (χ2n) is 6.32. The second-order valence-corrected chi connectivity index (χ2v) is 6.32. The van der Waals surface area contributed by atoms with E-state index in [-0.39, 0.29) is 30.9 Å². The van der Waals surface area contributed by atoms with Gasteiger partial charge in [-0.2, -0.15) is 0 Å². The van der Waals surface area contributed by atoms with Crippen LogP contribution in [0.5, 0.6) is 5.75 Å². The molecule has 1 aromatic carbocycles. The first kappa shape index (κ1) is 17.2. The van der Waals surface area contributed by atoms with Crippen LogP contribution in [-0.4, -0.2) is 48.1 Å². The third-order valence-electron chi connectivity index (χ3n) is 4.41. The summed E-state index contributed by atoms with van der Waals surface area (Å²) < 4.78 is 23.0. The molecular weight excluding hydrogens is 331 g/mol. The Morgan fingerprint density at radius 2 is 1.96 bits per heavy atom. The number of benzene rings is 1. The zero-order chi connectivity index (χ0) is 18.0. The molecule has 1 aliphatic carbocycles. The van der Waals surface area contributed by atoms with E-state index in [1.165, 1.54) is 24.3 Å². The molecule has 1 aliphatic heterocycles. The van der Waals surface area contributed by atoms with Crippen molar-refractivity contribution in [2.24, 2.45) is 5.92 Å². The Morgan fingerprint density at radius 3 is 2.60 bits per heavy atom. The lowest BCUT2D eigenvalue weighted by Gasteiger charge is -2.20. The van der Waals surface area contributed by atoms with E-state index in [4.69, 9.17) is 9.47 Å². The SMILES string of the molecule is C[C@@]1(C2CC2)NC(=O)N(CC(=O)OCCOc2ccc(F)cc2)C1=O. The molecule has 0 unspecified atom stereocenters. The number of nitrogens with zero attached hydrogens (tertiary/aromatic N) is 1. The number of halogens is 1. The normalized spacial score (nSPS) is 22.7. The van der Waals surface area contributed by atoms with Crippen molar-refractivity contribution in [1.29, 1.82) is 0 Å². The first-order chi connectivity index (χ1) is 11.9. The van der Waals surface area contributed by atoms with Gasteiger partial charge in [-0.1, -0.05) is 0 Å². The highest BCUT2D eigenvalue weighted by atomic mass is 19.1. The van der Waals surface area contributed by atoms with Gasteiger partial charge in [0.05, 0.1) is 0 Å². The van der Waals surface area contributed by atoms with Crippen molar-refractivity contribution in [1.82, 2.24) is 10.2 Å². The van der Waals surface area contributed by atoms with Gasteiger partial charge in [0.2, 0.25) is 0 Å². The lowest BCUT2D eigenvalue weighted by molar-refractivity contribution is -0.148. The summed E-state index contributed by atoms with van der Waals surface area (Å²) >= 11 is 0. The van der Waals surface area contributed by atoms with Gasteiger partial charge >= 0.3 is 12.0 Å². The van der Waals surface area contributed by atoms with Gasteiger partial charge in [0.25, 0.3) is 5.91 Å². The second kappa shape index (κ2) is 6.70. The van der Waals surface area contributed by atoms with E-state index in [9.17, 15) is 18.8 Å². The molecule has 0 radical (unpaired) electrons. The van der Waals surface area contributed by atoms with Crippen LogP contribution in [0.25, 0.3) is 0 Å². The van der Waals surface area contributed by atoms with Crippen LogP contribution < -0.4 is 10.1 Å². The number of imide groups is 1. The molecular formula is C17H19FN2O5. The van der Waals surface area contributed by atoms with E-state index in [1.54, 1.807) is 6.92 Å². The van der Waals surface area contributed by atoms with Crippen LogP contribution in [-0.2, 0) is 14.3 Å². The molecule has 8 heteroatoms.